The normalized spacial score (nSPS) is 8.42. The molecule has 0 aliphatic carbocycles. The maximum absolute atomic E-state index is 11.9. The Bertz CT molecular complexity index is 476. The van der Waals surface area contributed by atoms with Crippen LogP contribution >= 0.6 is 0 Å². The number of carbonyl (C=O) groups is 1. The average Bonchev–Trinajstić information content (AvgIpc) is 2.52. The molecule has 0 radical (unpaired) electrons. The molecule has 0 aliphatic rings. The zero-order chi connectivity index (χ0) is 14.7. The number of hydrogen-bond acceptors (Lipinski definition) is 2. The van der Waals surface area contributed by atoms with Crippen LogP contribution in [0.4, 0.5) is 0 Å². The third-order valence-corrected chi connectivity index (χ3v) is 2.18. The van der Waals surface area contributed by atoms with Gasteiger partial charge in [0.15, 0.2) is 5.78 Å². The van der Waals surface area contributed by atoms with Crippen LogP contribution in [0.3, 0.4) is 0 Å². The van der Waals surface area contributed by atoms with Gasteiger partial charge in [-0.05, 0) is 12.1 Å². The maximum atomic E-state index is 11.9. The van der Waals surface area contributed by atoms with E-state index in [4.69, 9.17) is 0 Å². The lowest BCUT2D eigenvalue weighted by atomic mass is 10.0. The Morgan fingerprint density at radius 2 is 1.26 bits per heavy atom. The molecule has 19 heavy (non-hydrogen) atoms. The summed E-state index contributed by atoms with van der Waals surface area (Å²) in [4.78, 5) is 11.9. The van der Waals surface area contributed by atoms with Crippen molar-refractivity contribution in [3.63, 3.8) is 0 Å². The summed E-state index contributed by atoms with van der Waals surface area (Å²) in [5.74, 6) is -0.139. The molecular weight excluding hydrogens is 236 g/mol. The summed E-state index contributed by atoms with van der Waals surface area (Å²) in [7, 11) is 0. The fraction of sp³-hybridized carbons (Fsp3) is 0.235. The lowest BCUT2D eigenvalue weighted by molar-refractivity contribution is 0.103. The predicted molar refractivity (Wildman–Crippen MR) is 80.7 cm³/mol. The second kappa shape index (κ2) is 9.89. The number of hydrogen-bond donors (Lipinski definition) is 1. The summed E-state index contributed by atoms with van der Waals surface area (Å²) < 4.78 is 0. The smallest absolute Gasteiger partial charge is 0.196 e. The highest BCUT2D eigenvalue weighted by Gasteiger charge is 2.11. The Balaban J connectivity index is 0.000000741. The van der Waals surface area contributed by atoms with E-state index in [1.807, 2.05) is 33.8 Å². The van der Waals surface area contributed by atoms with Crippen molar-refractivity contribution in [1.82, 2.24) is 0 Å². The minimum Gasteiger partial charge on any atom is -0.507 e. The van der Waals surface area contributed by atoms with Crippen LogP contribution in [0.25, 0.3) is 0 Å². The molecule has 0 aromatic heterocycles. The van der Waals surface area contributed by atoms with Gasteiger partial charge in [-0.2, -0.15) is 0 Å². The highest BCUT2D eigenvalue weighted by molar-refractivity contribution is 6.10. The van der Waals surface area contributed by atoms with Crippen molar-refractivity contribution in [3.05, 3.63) is 65.7 Å². The number of ketones is 1. The number of phenols is 1. The van der Waals surface area contributed by atoms with E-state index in [1.165, 1.54) is 6.07 Å². The average molecular weight is 258 g/mol. The van der Waals surface area contributed by atoms with Gasteiger partial charge in [0.25, 0.3) is 0 Å². The van der Waals surface area contributed by atoms with Crippen LogP contribution in [-0.4, -0.2) is 10.9 Å². The quantitative estimate of drug-likeness (QED) is 0.794. The van der Waals surface area contributed by atoms with Gasteiger partial charge in [-0.3, -0.25) is 4.79 Å². The van der Waals surface area contributed by atoms with Crippen LogP contribution in [0, 0.1) is 0 Å². The van der Waals surface area contributed by atoms with E-state index in [0.29, 0.717) is 11.1 Å². The van der Waals surface area contributed by atoms with Gasteiger partial charge in [0.1, 0.15) is 5.75 Å². The fourth-order valence-corrected chi connectivity index (χ4v) is 1.41. The van der Waals surface area contributed by atoms with E-state index >= 15 is 0 Å². The monoisotopic (exact) mass is 258 g/mol. The standard InChI is InChI=1S/C13H10O2.2C2H6/c14-12-9-5-4-8-11(12)13(15)10-6-2-1-3-7-10;2*1-2/h1-9,14H;2*1-2H3. The lowest BCUT2D eigenvalue weighted by Crippen LogP contribution is -2.00. The molecule has 1 N–H and O–H groups in total. The van der Waals surface area contributed by atoms with E-state index in [0.717, 1.165) is 0 Å². The van der Waals surface area contributed by atoms with E-state index in [1.54, 1.807) is 42.5 Å². The van der Waals surface area contributed by atoms with Crippen LogP contribution in [0.1, 0.15) is 43.6 Å². The molecular formula is C17H22O2. The van der Waals surface area contributed by atoms with Crippen molar-refractivity contribution in [3.8, 4) is 5.75 Å². The van der Waals surface area contributed by atoms with Crippen molar-refractivity contribution in [1.29, 1.82) is 0 Å². The van der Waals surface area contributed by atoms with Crippen molar-refractivity contribution < 1.29 is 9.90 Å². The van der Waals surface area contributed by atoms with Gasteiger partial charge in [-0.1, -0.05) is 70.2 Å². The minimum atomic E-state index is -0.159. The van der Waals surface area contributed by atoms with E-state index < -0.39 is 0 Å². The van der Waals surface area contributed by atoms with Crippen molar-refractivity contribution >= 4 is 5.78 Å². The molecule has 2 aromatic rings. The molecule has 2 rings (SSSR count). The zero-order valence-electron chi connectivity index (χ0n) is 12.1. The topological polar surface area (TPSA) is 37.3 Å². The first-order valence-corrected chi connectivity index (χ1v) is 6.67. The number of phenolic OH excluding ortho intramolecular Hbond substituents is 1. The van der Waals surface area contributed by atoms with Gasteiger partial charge in [0.2, 0.25) is 0 Å². The molecule has 0 amide bonds. The molecule has 0 unspecified atom stereocenters. The molecule has 102 valence electrons. The Labute approximate surface area is 115 Å². The summed E-state index contributed by atoms with van der Waals surface area (Å²) in [6, 6.07) is 15.5. The van der Waals surface area contributed by atoms with Crippen LogP contribution in [0.15, 0.2) is 54.6 Å². The van der Waals surface area contributed by atoms with Crippen molar-refractivity contribution in [2.24, 2.45) is 0 Å². The molecule has 0 saturated heterocycles. The summed E-state index contributed by atoms with van der Waals surface area (Å²) in [6.45, 7) is 8.00. The second-order valence-electron chi connectivity index (χ2n) is 3.21. The van der Waals surface area contributed by atoms with E-state index in [-0.39, 0.29) is 11.5 Å². The van der Waals surface area contributed by atoms with Gasteiger partial charge in [0, 0.05) is 5.56 Å². The first-order chi connectivity index (χ1) is 9.29. The molecule has 0 atom stereocenters. The first-order valence-electron chi connectivity index (χ1n) is 6.67. The number of rotatable bonds is 2. The van der Waals surface area contributed by atoms with Gasteiger partial charge in [-0.15, -0.1) is 0 Å². The third kappa shape index (κ3) is 4.96. The van der Waals surface area contributed by atoms with Crippen molar-refractivity contribution in [2.45, 2.75) is 27.7 Å². The highest BCUT2D eigenvalue weighted by Crippen LogP contribution is 2.19. The Morgan fingerprint density at radius 3 is 1.79 bits per heavy atom. The van der Waals surface area contributed by atoms with E-state index in [9.17, 15) is 9.90 Å². The second-order valence-corrected chi connectivity index (χ2v) is 3.21. The van der Waals surface area contributed by atoms with Gasteiger partial charge >= 0.3 is 0 Å². The van der Waals surface area contributed by atoms with Crippen LogP contribution in [0.2, 0.25) is 0 Å². The van der Waals surface area contributed by atoms with Gasteiger partial charge in [0.05, 0.1) is 5.56 Å². The largest absolute Gasteiger partial charge is 0.507 e. The van der Waals surface area contributed by atoms with Gasteiger partial charge < -0.3 is 5.11 Å². The first kappa shape index (κ1) is 16.9. The molecule has 2 aromatic carbocycles. The summed E-state index contributed by atoms with van der Waals surface area (Å²) in [5.41, 5.74) is 0.919. The zero-order valence-corrected chi connectivity index (χ0v) is 12.1. The van der Waals surface area contributed by atoms with E-state index in [2.05, 4.69) is 0 Å². The van der Waals surface area contributed by atoms with Crippen LogP contribution in [-0.2, 0) is 0 Å². The SMILES string of the molecule is CC.CC.O=C(c1ccccc1)c1ccccc1O. The molecule has 0 heterocycles. The molecule has 2 nitrogen and oxygen atoms in total. The van der Waals surface area contributed by atoms with Crippen LogP contribution < -0.4 is 0 Å². The summed E-state index contributed by atoms with van der Waals surface area (Å²) in [6.07, 6.45) is 0. The van der Waals surface area contributed by atoms with Crippen molar-refractivity contribution in [2.75, 3.05) is 0 Å². The maximum Gasteiger partial charge on any atom is 0.196 e. The van der Waals surface area contributed by atoms with Gasteiger partial charge in [-0.25, -0.2) is 0 Å². The number of benzene rings is 2. The Morgan fingerprint density at radius 1 is 0.789 bits per heavy atom. The minimum absolute atomic E-state index is 0.0198. The lowest BCUT2D eigenvalue weighted by Gasteiger charge is -2.02. The third-order valence-electron chi connectivity index (χ3n) is 2.18. The Hall–Kier alpha value is -2.09. The molecule has 0 saturated carbocycles. The molecule has 0 aliphatic heterocycles. The number of aromatic hydroxyl groups is 1. The summed E-state index contributed by atoms with van der Waals surface area (Å²) in [5, 5.41) is 9.52. The molecule has 2 heteroatoms. The Kier molecular flexibility index (Phi) is 8.80. The fourth-order valence-electron chi connectivity index (χ4n) is 1.41. The predicted octanol–water partition coefficient (Wildman–Crippen LogP) is 4.68. The number of carbonyl (C=O) groups excluding carboxylic acids is 1. The molecule has 0 fully saturated rings. The van der Waals surface area contributed by atoms with Crippen LogP contribution in [0.5, 0.6) is 5.75 Å². The number of para-hydroxylation sites is 1. The summed E-state index contributed by atoms with van der Waals surface area (Å²) >= 11 is 0. The molecule has 0 spiro atoms. The highest BCUT2D eigenvalue weighted by atomic mass is 16.3. The molecule has 0 bridgehead atoms.